The van der Waals surface area contributed by atoms with Gasteiger partial charge in [-0.2, -0.15) is 5.10 Å². The Hall–Kier alpha value is -2.41. The number of hydrogen-bond acceptors (Lipinski definition) is 5. The zero-order valence-corrected chi connectivity index (χ0v) is 14.2. The molecule has 4 rings (SSSR count). The fourth-order valence-corrected chi connectivity index (χ4v) is 4.13. The third kappa shape index (κ3) is 2.89. The van der Waals surface area contributed by atoms with Crippen molar-refractivity contribution in [2.45, 2.75) is 43.4 Å². The number of fused-ring (bicyclic) bond motifs is 1. The van der Waals surface area contributed by atoms with Crippen molar-refractivity contribution in [2.24, 2.45) is 0 Å². The third-order valence-corrected chi connectivity index (χ3v) is 5.47. The van der Waals surface area contributed by atoms with Gasteiger partial charge in [0.15, 0.2) is 0 Å². The molecule has 25 heavy (non-hydrogen) atoms. The number of aromatic amines is 1. The fraction of sp³-hybridized carbons (Fsp3) is 0.500. The first-order valence-corrected chi connectivity index (χ1v) is 8.64. The number of H-pyrrole nitrogens is 1. The molecule has 1 saturated heterocycles. The Morgan fingerprint density at radius 2 is 2.32 bits per heavy atom. The Balaban J connectivity index is 1.53. The SMILES string of the molecule is CO[C@@]12CC[C@H](Oc3ccccn3)C[C@@H]1N(C(=O)c1cn[nH]c1)CC2. The van der Waals surface area contributed by atoms with Crippen LogP contribution in [0.25, 0.3) is 0 Å². The number of nitrogens with zero attached hydrogens (tertiary/aromatic N) is 3. The monoisotopic (exact) mass is 342 g/mol. The molecular formula is C18H22N4O3. The lowest BCUT2D eigenvalue weighted by Gasteiger charge is -2.43. The molecule has 0 bridgehead atoms. The number of aromatic nitrogens is 3. The van der Waals surface area contributed by atoms with Gasteiger partial charge in [0.2, 0.25) is 5.88 Å². The maximum Gasteiger partial charge on any atom is 0.257 e. The Morgan fingerprint density at radius 1 is 1.40 bits per heavy atom. The molecule has 2 fully saturated rings. The number of nitrogens with one attached hydrogen (secondary N) is 1. The van der Waals surface area contributed by atoms with Crippen LogP contribution in [0.5, 0.6) is 5.88 Å². The van der Waals surface area contributed by atoms with E-state index in [-0.39, 0.29) is 23.7 Å². The van der Waals surface area contributed by atoms with Crippen molar-refractivity contribution in [1.82, 2.24) is 20.1 Å². The summed E-state index contributed by atoms with van der Waals surface area (Å²) < 4.78 is 12.0. The number of carbonyl (C=O) groups excluding carboxylic acids is 1. The van der Waals surface area contributed by atoms with Crippen LogP contribution in [0.2, 0.25) is 0 Å². The minimum Gasteiger partial charge on any atom is -0.474 e. The number of amides is 1. The van der Waals surface area contributed by atoms with Gasteiger partial charge >= 0.3 is 0 Å². The van der Waals surface area contributed by atoms with E-state index in [1.165, 1.54) is 0 Å². The first-order chi connectivity index (χ1) is 12.2. The molecule has 1 N–H and O–H groups in total. The highest BCUT2D eigenvalue weighted by atomic mass is 16.5. The first-order valence-electron chi connectivity index (χ1n) is 8.64. The number of methoxy groups -OCH3 is 1. The van der Waals surface area contributed by atoms with Crippen LogP contribution in [0.15, 0.2) is 36.8 Å². The van der Waals surface area contributed by atoms with Crippen molar-refractivity contribution >= 4 is 5.91 Å². The summed E-state index contributed by atoms with van der Waals surface area (Å²) in [7, 11) is 1.75. The molecule has 7 nitrogen and oxygen atoms in total. The number of ether oxygens (including phenoxy) is 2. The van der Waals surface area contributed by atoms with Crippen LogP contribution in [0.4, 0.5) is 0 Å². The van der Waals surface area contributed by atoms with Crippen molar-refractivity contribution < 1.29 is 14.3 Å². The zero-order valence-electron chi connectivity index (χ0n) is 14.2. The van der Waals surface area contributed by atoms with Gasteiger partial charge in [-0.05, 0) is 25.3 Å². The van der Waals surface area contributed by atoms with Gasteiger partial charge in [0.25, 0.3) is 5.91 Å². The van der Waals surface area contributed by atoms with Crippen LogP contribution in [0.1, 0.15) is 36.0 Å². The standard InChI is InChI=1S/C18H22N4O3/c1-24-18-6-5-14(25-16-4-2-3-8-19-16)10-15(18)22(9-7-18)17(23)13-11-20-21-12-13/h2-4,8,11-12,14-15H,5-7,9-10H2,1H3,(H,20,21)/t14-,15-,18+/m0/s1. The molecular weight excluding hydrogens is 320 g/mol. The van der Waals surface area contributed by atoms with Gasteiger partial charge in [-0.1, -0.05) is 6.07 Å². The van der Waals surface area contributed by atoms with Gasteiger partial charge < -0.3 is 14.4 Å². The van der Waals surface area contributed by atoms with Crippen molar-refractivity contribution in [2.75, 3.05) is 13.7 Å². The van der Waals surface area contributed by atoms with Gasteiger partial charge in [0.1, 0.15) is 6.10 Å². The Bertz CT molecular complexity index is 721. The molecule has 7 heteroatoms. The van der Waals surface area contributed by atoms with Gasteiger partial charge in [-0.3, -0.25) is 9.89 Å². The lowest BCUT2D eigenvalue weighted by molar-refractivity contribution is -0.0788. The van der Waals surface area contributed by atoms with E-state index in [1.807, 2.05) is 23.1 Å². The number of pyridine rings is 1. The zero-order chi connectivity index (χ0) is 17.3. The second-order valence-corrected chi connectivity index (χ2v) is 6.70. The fourth-order valence-electron chi connectivity index (χ4n) is 4.13. The highest BCUT2D eigenvalue weighted by Gasteiger charge is 2.53. The normalized spacial score (nSPS) is 28.6. The average molecular weight is 342 g/mol. The summed E-state index contributed by atoms with van der Waals surface area (Å²) in [6.45, 7) is 0.693. The minimum absolute atomic E-state index is 0.00219. The molecule has 2 aliphatic rings. The van der Waals surface area contributed by atoms with Crippen LogP contribution in [0, 0.1) is 0 Å². The van der Waals surface area contributed by atoms with Crippen molar-refractivity contribution in [3.63, 3.8) is 0 Å². The summed E-state index contributed by atoms with van der Waals surface area (Å²) in [5.74, 6) is 0.624. The summed E-state index contributed by atoms with van der Waals surface area (Å²) in [6, 6.07) is 5.64. The van der Waals surface area contributed by atoms with Gasteiger partial charge in [0.05, 0.1) is 23.4 Å². The second kappa shape index (κ2) is 6.48. The Labute approximate surface area is 146 Å². The van der Waals surface area contributed by atoms with E-state index >= 15 is 0 Å². The molecule has 1 aliphatic carbocycles. The van der Waals surface area contributed by atoms with Crippen LogP contribution in [-0.2, 0) is 4.74 Å². The second-order valence-electron chi connectivity index (χ2n) is 6.70. The first kappa shape index (κ1) is 16.1. The lowest BCUT2D eigenvalue weighted by atomic mass is 9.79. The predicted octanol–water partition coefficient (Wildman–Crippen LogP) is 2.04. The summed E-state index contributed by atoms with van der Waals surface area (Å²) in [4.78, 5) is 19.0. The van der Waals surface area contributed by atoms with Gasteiger partial charge in [-0.15, -0.1) is 0 Å². The summed E-state index contributed by atoms with van der Waals surface area (Å²) >= 11 is 0. The van der Waals surface area contributed by atoms with Crippen molar-refractivity contribution in [3.8, 4) is 5.88 Å². The number of likely N-dealkylation sites (tertiary alicyclic amines) is 1. The van der Waals surface area contributed by atoms with Crippen LogP contribution in [0.3, 0.4) is 0 Å². The molecule has 1 saturated carbocycles. The van der Waals surface area contributed by atoms with E-state index in [0.29, 0.717) is 18.0 Å². The van der Waals surface area contributed by atoms with E-state index in [1.54, 1.807) is 25.7 Å². The molecule has 2 aromatic heterocycles. The molecule has 132 valence electrons. The number of carbonyl (C=O) groups is 1. The number of rotatable bonds is 4. The van der Waals surface area contributed by atoms with E-state index in [9.17, 15) is 4.79 Å². The molecule has 2 aromatic rings. The number of hydrogen-bond donors (Lipinski definition) is 1. The van der Waals surface area contributed by atoms with Gasteiger partial charge in [0, 0.05) is 38.5 Å². The maximum atomic E-state index is 12.8. The molecule has 0 unspecified atom stereocenters. The summed E-state index contributed by atoms with van der Waals surface area (Å²) in [5.41, 5.74) is 0.309. The largest absolute Gasteiger partial charge is 0.474 e. The smallest absolute Gasteiger partial charge is 0.257 e. The van der Waals surface area contributed by atoms with Crippen molar-refractivity contribution in [3.05, 3.63) is 42.4 Å². The average Bonchev–Trinajstić information content (AvgIpc) is 3.30. The highest BCUT2D eigenvalue weighted by Crippen LogP contribution is 2.43. The van der Waals surface area contributed by atoms with E-state index in [2.05, 4.69) is 15.2 Å². The predicted molar refractivity (Wildman–Crippen MR) is 90.3 cm³/mol. The molecule has 0 spiro atoms. The lowest BCUT2D eigenvalue weighted by Crippen LogP contribution is -2.53. The third-order valence-electron chi connectivity index (χ3n) is 5.47. The molecule has 0 radical (unpaired) electrons. The van der Waals surface area contributed by atoms with Crippen LogP contribution >= 0.6 is 0 Å². The quantitative estimate of drug-likeness (QED) is 0.920. The van der Waals surface area contributed by atoms with E-state index in [0.717, 1.165) is 25.7 Å². The summed E-state index contributed by atoms with van der Waals surface area (Å²) in [5, 5.41) is 6.60. The molecule has 3 atom stereocenters. The molecule has 1 aliphatic heterocycles. The molecule has 0 aromatic carbocycles. The van der Waals surface area contributed by atoms with Crippen molar-refractivity contribution in [1.29, 1.82) is 0 Å². The molecule has 1 amide bonds. The topological polar surface area (TPSA) is 80.3 Å². The maximum absolute atomic E-state index is 12.8. The summed E-state index contributed by atoms with van der Waals surface area (Å²) in [6.07, 6.45) is 8.33. The van der Waals surface area contributed by atoms with Crippen LogP contribution < -0.4 is 4.74 Å². The van der Waals surface area contributed by atoms with E-state index in [4.69, 9.17) is 9.47 Å². The van der Waals surface area contributed by atoms with Gasteiger partial charge in [-0.25, -0.2) is 4.98 Å². The molecule has 3 heterocycles. The Kier molecular flexibility index (Phi) is 4.17. The highest BCUT2D eigenvalue weighted by molar-refractivity contribution is 5.94. The van der Waals surface area contributed by atoms with E-state index < -0.39 is 0 Å². The van der Waals surface area contributed by atoms with Crippen LogP contribution in [-0.4, -0.2) is 57.4 Å². The minimum atomic E-state index is -0.274. The Morgan fingerprint density at radius 3 is 3.04 bits per heavy atom.